The van der Waals surface area contributed by atoms with E-state index in [4.69, 9.17) is 4.74 Å². The summed E-state index contributed by atoms with van der Waals surface area (Å²) in [4.78, 5) is 5.10. The summed E-state index contributed by atoms with van der Waals surface area (Å²) in [6.45, 7) is 7.14. The molecule has 0 saturated carbocycles. The molecule has 1 aromatic heterocycles. The second-order valence-corrected chi connectivity index (χ2v) is 6.93. The Labute approximate surface area is 148 Å². The summed E-state index contributed by atoms with van der Waals surface area (Å²) in [5.41, 5.74) is 1.93. The molecule has 0 radical (unpaired) electrons. The van der Waals surface area contributed by atoms with E-state index >= 15 is 0 Å². The van der Waals surface area contributed by atoms with Crippen molar-refractivity contribution in [3.63, 3.8) is 0 Å². The number of piperazine rings is 1. The molecule has 0 atom stereocenters. The Kier molecular flexibility index (Phi) is 5.10. The predicted octanol–water partition coefficient (Wildman–Crippen LogP) is 2.31. The monoisotopic (exact) mass is 344 g/mol. The van der Waals surface area contributed by atoms with Crippen LogP contribution in [0.15, 0.2) is 36.7 Å². The molecule has 1 aromatic carbocycles. The fourth-order valence-electron chi connectivity index (χ4n) is 3.80. The summed E-state index contributed by atoms with van der Waals surface area (Å²) in [6.07, 6.45) is 6.22. The van der Waals surface area contributed by atoms with Crippen molar-refractivity contribution < 1.29 is 9.13 Å². The van der Waals surface area contributed by atoms with E-state index in [2.05, 4.69) is 14.9 Å². The Morgan fingerprint density at radius 2 is 1.92 bits per heavy atom. The van der Waals surface area contributed by atoms with Gasteiger partial charge in [-0.1, -0.05) is 6.07 Å². The molecule has 2 aliphatic heterocycles. The molecule has 3 heterocycles. The molecule has 2 fully saturated rings. The van der Waals surface area contributed by atoms with Crippen LogP contribution in [0.25, 0.3) is 5.69 Å². The maximum Gasteiger partial charge on any atom is 0.125 e. The minimum Gasteiger partial charge on any atom is -0.381 e. The van der Waals surface area contributed by atoms with Gasteiger partial charge in [0.1, 0.15) is 5.82 Å². The molecule has 2 aliphatic rings. The SMILES string of the molecule is Fc1cccc(-n2cc(CN3CCN(C4CCOCC4)CC3)cn2)c1. The Morgan fingerprint density at radius 1 is 1.12 bits per heavy atom. The highest BCUT2D eigenvalue weighted by Gasteiger charge is 2.25. The molecule has 0 unspecified atom stereocenters. The highest BCUT2D eigenvalue weighted by Crippen LogP contribution is 2.18. The summed E-state index contributed by atoms with van der Waals surface area (Å²) in [7, 11) is 0. The lowest BCUT2D eigenvalue weighted by Gasteiger charge is -2.40. The standard InChI is InChI=1S/C19H25FN4O/c20-17-2-1-3-19(12-17)24-15-16(13-21-24)14-22-6-8-23(9-7-22)18-4-10-25-11-5-18/h1-3,12-13,15,18H,4-11,14H2. The zero-order chi connectivity index (χ0) is 17.1. The molecule has 0 N–H and O–H groups in total. The van der Waals surface area contributed by atoms with Crippen LogP contribution in [-0.2, 0) is 11.3 Å². The molecule has 0 spiro atoms. The van der Waals surface area contributed by atoms with Crippen LogP contribution in [0, 0.1) is 5.82 Å². The molecular weight excluding hydrogens is 319 g/mol. The van der Waals surface area contributed by atoms with Crippen LogP contribution in [0.5, 0.6) is 0 Å². The Morgan fingerprint density at radius 3 is 2.68 bits per heavy atom. The first-order valence-corrected chi connectivity index (χ1v) is 9.11. The van der Waals surface area contributed by atoms with Gasteiger partial charge in [-0.15, -0.1) is 0 Å². The second-order valence-electron chi connectivity index (χ2n) is 6.93. The number of benzene rings is 1. The van der Waals surface area contributed by atoms with Crippen molar-refractivity contribution in [1.82, 2.24) is 19.6 Å². The van der Waals surface area contributed by atoms with Crippen molar-refractivity contribution in [2.45, 2.75) is 25.4 Å². The van der Waals surface area contributed by atoms with Crippen molar-refractivity contribution >= 4 is 0 Å². The van der Waals surface area contributed by atoms with E-state index in [1.807, 2.05) is 18.5 Å². The van der Waals surface area contributed by atoms with Crippen LogP contribution >= 0.6 is 0 Å². The first kappa shape index (κ1) is 16.7. The van der Waals surface area contributed by atoms with Gasteiger partial charge in [-0.3, -0.25) is 9.80 Å². The molecule has 0 aliphatic carbocycles. The number of rotatable bonds is 4. The van der Waals surface area contributed by atoms with E-state index in [1.165, 1.54) is 30.5 Å². The number of hydrogen-bond donors (Lipinski definition) is 0. The van der Waals surface area contributed by atoms with Gasteiger partial charge < -0.3 is 4.74 Å². The van der Waals surface area contributed by atoms with Gasteiger partial charge in [-0.2, -0.15) is 5.10 Å². The van der Waals surface area contributed by atoms with E-state index in [1.54, 1.807) is 10.7 Å². The van der Waals surface area contributed by atoms with Crippen molar-refractivity contribution in [2.24, 2.45) is 0 Å². The summed E-state index contributed by atoms with van der Waals surface area (Å²) >= 11 is 0. The molecule has 2 aromatic rings. The third-order valence-corrected chi connectivity index (χ3v) is 5.23. The van der Waals surface area contributed by atoms with E-state index in [9.17, 15) is 4.39 Å². The van der Waals surface area contributed by atoms with Crippen molar-refractivity contribution in [3.8, 4) is 5.69 Å². The molecule has 5 nitrogen and oxygen atoms in total. The van der Waals surface area contributed by atoms with Gasteiger partial charge in [0.15, 0.2) is 0 Å². The first-order chi connectivity index (χ1) is 12.3. The molecule has 25 heavy (non-hydrogen) atoms. The Balaban J connectivity index is 1.31. The summed E-state index contributed by atoms with van der Waals surface area (Å²) in [6, 6.07) is 7.23. The molecule has 0 amide bonds. The molecule has 134 valence electrons. The fourth-order valence-corrected chi connectivity index (χ4v) is 3.80. The fraction of sp³-hybridized carbons (Fsp3) is 0.526. The number of ether oxygens (including phenoxy) is 1. The zero-order valence-electron chi connectivity index (χ0n) is 14.5. The summed E-state index contributed by atoms with van der Waals surface area (Å²) < 4.78 is 20.6. The van der Waals surface area contributed by atoms with Gasteiger partial charge in [0.25, 0.3) is 0 Å². The van der Waals surface area contributed by atoms with Crippen LogP contribution in [0.3, 0.4) is 0 Å². The van der Waals surface area contributed by atoms with Gasteiger partial charge in [-0.05, 0) is 31.0 Å². The summed E-state index contributed by atoms with van der Waals surface area (Å²) in [5, 5.41) is 4.38. The van der Waals surface area contributed by atoms with Crippen LogP contribution in [0.2, 0.25) is 0 Å². The van der Waals surface area contributed by atoms with E-state index in [0.717, 1.165) is 51.6 Å². The third kappa shape index (κ3) is 4.08. The number of hydrogen-bond acceptors (Lipinski definition) is 4. The highest BCUT2D eigenvalue weighted by atomic mass is 19.1. The van der Waals surface area contributed by atoms with Gasteiger partial charge in [0.2, 0.25) is 0 Å². The quantitative estimate of drug-likeness (QED) is 0.852. The lowest BCUT2D eigenvalue weighted by atomic mass is 10.1. The first-order valence-electron chi connectivity index (χ1n) is 9.11. The molecule has 2 saturated heterocycles. The number of aromatic nitrogens is 2. The second kappa shape index (κ2) is 7.64. The maximum absolute atomic E-state index is 13.4. The van der Waals surface area contributed by atoms with E-state index in [-0.39, 0.29) is 5.82 Å². The average molecular weight is 344 g/mol. The van der Waals surface area contributed by atoms with Gasteiger partial charge in [0, 0.05) is 63.7 Å². The molecule has 0 bridgehead atoms. The molecule has 6 heteroatoms. The van der Waals surface area contributed by atoms with Crippen molar-refractivity contribution in [1.29, 1.82) is 0 Å². The van der Waals surface area contributed by atoms with Gasteiger partial charge in [-0.25, -0.2) is 9.07 Å². The average Bonchev–Trinajstić information content (AvgIpc) is 3.12. The van der Waals surface area contributed by atoms with Crippen molar-refractivity contribution in [2.75, 3.05) is 39.4 Å². The topological polar surface area (TPSA) is 33.5 Å². The minimum absolute atomic E-state index is 0.237. The van der Waals surface area contributed by atoms with Gasteiger partial charge >= 0.3 is 0 Å². The largest absolute Gasteiger partial charge is 0.381 e. The highest BCUT2D eigenvalue weighted by molar-refractivity contribution is 5.31. The Hall–Kier alpha value is -1.76. The normalized spacial score (nSPS) is 20.8. The predicted molar refractivity (Wildman–Crippen MR) is 94.2 cm³/mol. The maximum atomic E-state index is 13.4. The van der Waals surface area contributed by atoms with Gasteiger partial charge in [0.05, 0.1) is 11.9 Å². The molecular formula is C19H25FN4O. The van der Waals surface area contributed by atoms with Crippen LogP contribution in [-0.4, -0.2) is 65.0 Å². The van der Waals surface area contributed by atoms with Crippen LogP contribution in [0.1, 0.15) is 18.4 Å². The summed E-state index contributed by atoms with van der Waals surface area (Å²) in [5.74, 6) is -0.237. The minimum atomic E-state index is -0.237. The van der Waals surface area contributed by atoms with E-state index < -0.39 is 0 Å². The number of nitrogens with zero attached hydrogens (tertiary/aromatic N) is 4. The lowest BCUT2D eigenvalue weighted by molar-refractivity contribution is 0.0126. The van der Waals surface area contributed by atoms with Crippen molar-refractivity contribution in [3.05, 3.63) is 48.0 Å². The third-order valence-electron chi connectivity index (χ3n) is 5.23. The lowest BCUT2D eigenvalue weighted by Crippen LogP contribution is -2.51. The van der Waals surface area contributed by atoms with Crippen LogP contribution in [0.4, 0.5) is 4.39 Å². The number of halogens is 1. The van der Waals surface area contributed by atoms with Crippen LogP contribution < -0.4 is 0 Å². The Bertz CT molecular complexity index is 690. The smallest absolute Gasteiger partial charge is 0.125 e. The zero-order valence-corrected chi connectivity index (χ0v) is 14.5. The molecule has 4 rings (SSSR count). The van der Waals surface area contributed by atoms with E-state index in [0.29, 0.717) is 6.04 Å².